The Labute approximate surface area is 217 Å². The van der Waals surface area contributed by atoms with Crippen molar-refractivity contribution in [1.29, 1.82) is 0 Å². The third kappa shape index (κ3) is 6.10. The molecule has 9 heteroatoms. The summed E-state index contributed by atoms with van der Waals surface area (Å²) in [6.07, 6.45) is 10.5. The van der Waals surface area contributed by atoms with Gasteiger partial charge in [0.15, 0.2) is 11.6 Å². The minimum Gasteiger partial charge on any atom is -0.355 e. The normalized spacial score (nSPS) is 16.6. The molecule has 2 aromatic heterocycles. The van der Waals surface area contributed by atoms with Gasteiger partial charge in [-0.1, -0.05) is 20.8 Å². The second-order valence-electron chi connectivity index (χ2n) is 10.2. The van der Waals surface area contributed by atoms with Crippen molar-refractivity contribution in [3.05, 3.63) is 0 Å². The third-order valence-corrected chi connectivity index (χ3v) is 7.24. The molecule has 4 rings (SSSR count). The number of hydrogen-bond donors (Lipinski definition) is 1. The van der Waals surface area contributed by atoms with Gasteiger partial charge in [0.1, 0.15) is 11.0 Å². The van der Waals surface area contributed by atoms with Gasteiger partial charge in [0.05, 0.1) is 0 Å². The van der Waals surface area contributed by atoms with Crippen LogP contribution in [0.5, 0.6) is 0 Å². The van der Waals surface area contributed by atoms with Gasteiger partial charge in [-0.2, -0.15) is 9.97 Å². The second-order valence-corrected chi connectivity index (χ2v) is 10.2. The molecular weight excluding hydrogens is 450 g/mol. The van der Waals surface area contributed by atoms with Crippen LogP contribution < -0.4 is 25.3 Å². The van der Waals surface area contributed by atoms with Crippen LogP contribution in [0.15, 0.2) is 0 Å². The van der Waals surface area contributed by atoms with Gasteiger partial charge in [-0.15, -0.1) is 0 Å². The molecule has 2 aliphatic rings. The molecule has 2 N–H and O–H groups in total. The number of anilines is 4. The fourth-order valence-electron chi connectivity index (χ4n) is 5.49. The summed E-state index contributed by atoms with van der Waals surface area (Å²) in [7, 11) is 0. The lowest BCUT2D eigenvalue weighted by molar-refractivity contribution is 0.571. The average Bonchev–Trinajstić information content (AvgIpc) is 2.92. The largest absolute Gasteiger partial charge is 0.355 e. The summed E-state index contributed by atoms with van der Waals surface area (Å²) >= 11 is 0. The number of aromatic nitrogens is 4. The van der Waals surface area contributed by atoms with E-state index >= 15 is 0 Å². The van der Waals surface area contributed by atoms with Gasteiger partial charge in [-0.05, 0) is 57.8 Å². The fraction of sp³-hybridized carbons (Fsp3) is 0.778. The molecule has 0 atom stereocenters. The van der Waals surface area contributed by atoms with Gasteiger partial charge >= 0.3 is 0 Å². The van der Waals surface area contributed by atoms with Crippen molar-refractivity contribution < 1.29 is 0 Å². The predicted molar refractivity (Wildman–Crippen MR) is 152 cm³/mol. The van der Waals surface area contributed by atoms with E-state index in [1.54, 1.807) is 0 Å². The summed E-state index contributed by atoms with van der Waals surface area (Å²) in [5.41, 5.74) is 7.81. The Morgan fingerprint density at radius 3 is 1.33 bits per heavy atom. The number of piperidine rings is 2. The summed E-state index contributed by atoms with van der Waals surface area (Å²) in [6.45, 7) is 14.9. The SMILES string of the molecule is CCCN(CCC)c1nc(N2CCCCC2)c2nc(N(CCC)CCN)nc(N3CCCCC3)c2n1. The lowest BCUT2D eigenvalue weighted by atomic mass is 10.1. The molecule has 2 aromatic rings. The third-order valence-electron chi connectivity index (χ3n) is 7.24. The summed E-state index contributed by atoms with van der Waals surface area (Å²) in [6, 6.07) is 0. The first-order chi connectivity index (χ1) is 17.7. The second kappa shape index (κ2) is 13.2. The Morgan fingerprint density at radius 1 is 0.583 bits per heavy atom. The molecule has 0 spiro atoms. The van der Waals surface area contributed by atoms with Crippen LogP contribution in [-0.2, 0) is 0 Å². The van der Waals surface area contributed by atoms with Crippen molar-refractivity contribution in [2.45, 2.75) is 78.6 Å². The summed E-state index contributed by atoms with van der Waals surface area (Å²) in [5, 5.41) is 0. The smallest absolute Gasteiger partial charge is 0.228 e. The van der Waals surface area contributed by atoms with Crippen molar-refractivity contribution in [3.63, 3.8) is 0 Å². The van der Waals surface area contributed by atoms with E-state index in [-0.39, 0.29) is 0 Å². The van der Waals surface area contributed by atoms with Crippen molar-refractivity contribution in [2.24, 2.45) is 5.73 Å². The Bertz CT molecular complexity index is 865. The molecule has 0 radical (unpaired) electrons. The predicted octanol–water partition coefficient (Wildman–Crippen LogP) is 4.20. The minimum absolute atomic E-state index is 0.581. The zero-order valence-electron chi connectivity index (χ0n) is 22.9. The van der Waals surface area contributed by atoms with Crippen LogP contribution in [0, 0.1) is 0 Å². The van der Waals surface area contributed by atoms with Crippen LogP contribution in [0.3, 0.4) is 0 Å². The first-order valence-electron chi connectivity index (χ1n) is 14.5. The Balaban J connectivity index is 1.94. The fourth-order valence-corrected chi connectivity index (χ4v) is 5.49. The summed E-state index contributed by atoms with van der Waals surface area (Å²) in [5.74, 6) is 3.55. The van der Waals surface area contributed by atoms with Crippen LogP contribution in [0.4, 0.5) is 23.5 Å². The van der Waals surface area contributed by atoms with Gasteiger partial charge in [0.2, 0.25) is 11.9 Å². The van der Waals surface area contributed by atoms with Crippen LogP contribution in [0.2, 0.25) is 0 Å². The molecule has 0 bridgehead atoms. The molecule has 200 valence electrons. The first kappa shape index (κ1) is 26.6. The maximum absolute atomic E-state index is 6.00. The molecule has 4 heterocycles. The van der Waals surface area contributed by atoms with E-state index in [1.165, 1.54) is 38.5 Å². The highest BCUT2D eigenvalue weighted by Gasteiger charge is 2.26. The van der Waals surface area contributed by atoms with Crippen LogP contribution in [0.1, 0.15) is 78.6 Å². The van der Waals surface area contributed by atoms with Gasteiger partial charge in [-0.25, -0.2) is 9.97 Å². The van der Waals surface area contributed by atoms with E-state index in [0.717, 1.165) is 106 Å². The number of nitrogens with two attached hydrogens (primary N) is 1. The minimum atomic E-state index is 0.581. The molecule has 0 unspecified atom stereocenters. The molecule has 2 fully saturated rings. The van der Waals surface area contributed by atoms with E-state index in [0.29, 0.717) is 6.54 Å². The van der Waals surface area contributed by atoms with Crippen molar-refractivity contribution >= 4 is 34.6 Å². The highest BCUT2D eigenvalue weighted by atomic mass is 15.3. The molecular formula is C27H47N9. The Hall–Kier alpha value is -2.42. The Morgan fingerprint density at radius 2 is 0.972 bits per heavy atom. The van der Waals surface area contributed by atoms with Gasteiger partial charge in [-0.3, -0.25) is 0 Å². The van der Waals surface area contributed by atoms with Crippen LogP contribution in [-0.4, -0.2) is 78.8 Å². The molecule has 0 aromatic carbocycles. The zero-order chi connectivity index (χ0) is 25.3. The molecule has 0 aliphatic carbocycles. The summed E-state index contributed by atoms with van der Waals surface area (Å²) < 4.78 is 0. The van der Waals surface area contributed by atoms with E-state index in [9.17, 15) is 0 Å². The lowest BCUT2D eigenvalue weighted by Gasteiger charge is -2.33. The van der Waals surface area contributed by atoms with Crippen molar-refractivity contribution in [2.75, 3.05) is 78.5 Å². The maximum atomic E-state index is 6.00. The molecule has 36 heavy (non-hydrogen) atoms. The van der Waals surface area contributed by atoms with E-state index in [4.69, 9.17) is 25.7 Å². The molecule has 0 amide bonds. The average molecular weight is 498 g/mol. The van der Waals surface area contributed by atoms with E-state index < -0.39 is 0 Å². The van der Waals surface area contributed by atoms with Gasteiger partial charge in [0.25, 0.3) is 0 Å². The van der Waals surface area contributed by atoms with Gasteiger partial charge in [0, 0.05) is 58.9 Å². The number of rotatable bonds is 12. The van der Waals surface area contributed by atoms with Crippen molar-refractivity contribution in [1.82, 2.24) is 19.9 Å². The molecule has 0 saturated carbocycles. The molecule has 9 nitrogen and oxygen atoms in total. The number of fused-ring (bicyclic) bond motifs is 1. The number of nitrogens with zero attached hydrogens (tertiary/aromatic N) is 8. The standard InChI is InChI=1S/C27H47N9/c1-4-14-35(15-5-2)26-29-22-23(24(31-26)33-17-9-7-10-18-33)30-27(36(16-6-3)21-13-28)32-25(22)34-19-11-8-12-20-34/h4-21,28H2,1-3H3. The highest BCUT2D eigenvalue weighted by Crippen LogP contribution is 2.34. The Kier molecular flexibility index (Phi) is 9.78. The van der Waals surface area contributed by atoms with E-state index in [1.807, 2.05) is 0 Å². The van der Waals surface area contributed by atoms with Crippen LogP contribution in [0.25, 0.3) is 11.0 Å². The molecule has 2 saturated heterocycles. The van der Waals surface area contributed by atoms with E-state index in [2.05, 4.69) is 40.4 Å². The topological polar surface area (TPSA) is 90.5 Å². The zero-order valence-corrected chi connectivity index (χ0v) is 22.9. The lowest BCUT2D eigenvalue weighted by Crippen LogP contribution is -2.35. The molecule has 2 aliphatic heterocycles. The monoisotopic (exact) mass is 497 g/mol. The maximum Gasteiger partial charge on any atom is 0.228 e. The van der Waals surface area contributed by atoms with Crippen LogP contribution >= 0.6 is 0 Å². The highest BCUT2D eigenvalue weighted by molar-refractivity contribution is 5.95. The number of hydrogen-bond acceptors (Lipinski definition) is 9. The summed E-state index contributed by atoms with van der Waals surface area (Å²) in [4.78, 5) is 30.3. The van der Waals surface area contributed by atoms with Gasteiger partial charge < -0.3 is 25.3 Å². The van der Waals surface area contributed by atoms with Crippen molar-refractivity contribution in [3.8, 4) is 0 Å². The quantitative estimate of drug-likeness (QED) is 0.463. The first-order valence-corrected chi connectivity index (χ1v) is 14.5.